The van der Waals surface area contributed by atoms with Crippen molar-refractivity contribution in [1.29, 1.82) is 0 Å². The highest BCUT2D eigenvalue weighted by atomic mass is 15.1. The number of hydrogen-bond donors (Lipinski definition) is 0. The van der Waals surface area contributed by atoms with Gasteiger partial charge in [0.05, 0.1) is 11.0 Å². The lowest BCUT2D eigenvalue weighted by atomic mass is 9.70. The van der Waals surface area contributed by atoms with Crippen LogP contribution in [0.2, 0.25) is 0 Å². The minimum absolute atomic E-state index is 0.121. The molecule has 10 aromatic rings. The summed E-state index contributed by atoms with van der Waals surface area (Å²) in [4.78, 5) is 2.50. The van der Waals surface area contributed by atoms with Gasteiger partial charge in [-0.3, -0.25) is 0 Å². The molecule has 0 bridgehead atoms. The van der Waals surface area contributed by atoms with Gasteiger partial charge in [-0.25, -0.2) is 0 Å². The topological polar surface area (TPSA) is 8.17 Å². The van der Waals surface area contributed by atoms with Crippen LogP contribution in [0, 0.1) is 0 Å². The lowest BCUT2D eigenvalue weighted by Gasteiger charge is -2.34. The van der Waals surface area contributed by atoms with Gasteiger partial charge < -0.3 is 9.47 Å². The van der Waals surface area contributed by atoms with Crippen LogP contribution in [0.3, 0.4) is 0 Å². The maximum atomic E-state index is 2.58. The number of aromatic nitrogens is 1. The van der Waals surface area contributed by atoms with Gasteiger partial charge in [0.2, 0.25) is 0 Å². The molecule has 1 unspecified atom stereocenters. The van der Waals surface area contributed by atoms with E-state index in [1.54, 1.807) is 0 Å². The zero-order valence-electron chi connectivity index (χ0n) is 39.8. The van der Waals surface area contributed by atoms with Crippen LogP contribution < -0.4 is 4.90 Å². The van der Waals surface area contributed by atoms with Crippen LogP contribution in [0.1, 0.15) is 92.5 Å². The molecule has 2 aliphatic rings. The van der Waals surface area contributed by atoms with Crippen molar-refractivity contribution in [2.24, 2.45) is 0 Å². The third kappa shape index (κ3) is 7.42. The predicted octanol–water partition coefficient (Wildman–Crippen LogP) is 18.8. The highest BCUT2D eigenvalue weighted by Gasteiger charge is 2.43. The first-order valence-corrected chi connectivity index (χ1v) is 25.3. The summed E-state index contributed by atoms with van der Waals surface area (Å²) in [5.74, 6) is 0.335. The summed E-state index contributed by atoms with van der Waals surface area (Å²) in [5, 5.41) is 2.60. The molecule has 0 radical (unpaired) electrons. The summed E-state index contributed by atoms with van der Waals surface area (Å²) in [7, 11) is 0. The summed E-state index contributed by atoms with van der Waals surface area (Å²) in [6.45, 7) is 4.70. The molecule has 0 spiro atoms. The highest BCUT2D eigenvalue weighted by Crippen LogP contribution is 2.56. The zero-order chi connectivity index (χ0) is 46.3. The fourth-order valence-corrected chi connectivity index (χ4v) is 12.0. The van der Waals surface area contributed by atoms with Crippen molar-refractivity contribution in [3.05, 3.63) is 246 Å². The maximum Gasteiger partial charge on any atom is 0.0541 e. The number of rotatable bonds is 13. The number of benzene rings is 9. The number of nitrogens with zero attached hydrogens (tertiary/aromatic N) is 2. The Morgan fingerprint density at radius 1 is 0.478 bits per heavy atom. The Kier molecular flexibility index (Phi) is 11.2. The summed E-state index contributed by atoms with van der Waals surface area (Å²) in [5.41, 5.74) is 21.8. The molecular formula is C67H58N2. The number of allylic oxidation sites excluding steroid dienone is 1. The van der Waals surface area contributed by atoms with Crippen molar-refractivity contribution in [1.82, 2.24) is 4.57 Å². The summed E-state index contributed by atoms with van der Waals surface area (Å²) in [6, 6.07) is 79.8. The van der Waals surface area contributed by atoms with Gasteiger partial charge in [0.1, 0.15) is 0 Å². The lowest BCUT2D eigenvalue weighted by molar-refractivity contribution is 0.414. The molecule has 12 rings (SSSR count). The van der Waals surface area contributed by atoms with Crippen molar-refractivity contribution in [3.8, 4) is 39.1 Å². The molecule has 9 aromatic carbocycles. The van der Waals surface area contributed by atoms with E-state index in [1.165, 1.54) is 107 Å². The first-order chi connectivity index (χ1) is 34.1. The molecule has 0 aliphatic heterocycles. The average Bonchev–Trinajstić information content (AvgIpc) is 3.89. The first kappa shape index (κ1) is 42.7. The van der Waals surface area contributed by atoms with E-state index < -0.39 is 0 Å². The van der Waals surface area contributed by atoms with Crippen molar-refractivity contribution in [2.45, 2.75) is 70.1 Å². The number of hydrogen-bond acceptors (Lipinski definition) is 1. The monoisotopic (exact) mass is 890 g/mol. The fraction of sp³-hybridized carbons (Fsp3) is 0.164. The Hall–Kier alpha value is -7.68. The van der Waals surface area contributed by atoms with Crippen molar-refractivity contribution >= 4 is 44.9 Å². The normalized spacial score (nSPS) is 14.4. The van der Waals surface area contributed by atoms with E-state index in [1.807, 2.05) is 0 Å². The van der Waals surface area contributed by atoms with Crippen LogP contribution in [-0.4, -0.2) is 4.57 Å². The molecule has 1 aromatic heterocycles. The summed E-state index contributed by atoms with van der Waals surface area (Å²) < 4.78 is 2.50. The van der Waals surface area contributed by atoms with Crippen LogP contribution in [0.25, 0.3) is 66.9 Å². The Labute approximate surface area is 407 Å². The van der Waals surface area contributed by atoms with Gasteiger partial charge in [0.25, 0.3) is 0 Å². The maximum absolute atomic E-state index is 2.58. The third-order valence-electron chi connectivity index (χ3n) is 15.4. The van der Waals surface area contributed by atoms with Gasteiger partial charge in [-0.1, -0.05) is 203 Å². The standard InChI is InChI=1S/C67H58N2/c1-3-5-43-67(44-6-4-2)63-45-53(39-41-59(63)60-42-40-54(46-64(60)67)69-65-29-16-14-26-61(65)62-27-15-17-30-66(62)69)68(52-37-33-50(34-38-52)58-28-18-22-48-21-10-11-23-56(48)58)51-35-31-49(32-36-51)57-25-13-12-24-55(57)47-19-8-7-9-20-47/h7-27,29-42,45-46,58H,3-6,28,43-44H2,1-2H3. The van der Waals surface area contributed by atoms with E-state index in [2.05, 4.69) is 248 Å². The van der Waals surface area contributed by atoms with Crippen LogP contribution in [-0.2, 0) is 5.41 Å². The van der Waals surface area contributed by atoms with Gasteiger partial charge in [-0.15, -0.1) is 0 Å². The Balaban J connectivity index is 1.00. The first-order valence-electron chi connectivity index (χ1n) is 25.3. The molecule has 336 valence electrons. The van der Waals surface area contributed by atoms with E-state index >= 15 is 0 Å². The molecule has 2 heteroatoms. The van der Waals surface area contributed by atoms with Crippen LogP contribution in [0.4, 0.5) is 17.1 Å². The van der Waals surface area contributed by atoms with Gasteiger partial charge in [0.15, 0.2) is 0 Å². The second kappa shape index (κ2) is 18.1. The number of para-hydroxylation sites is 2. The smallest absolute Gasteiger partial charge is 0.0541 e. The van der Waals surface area contributed by atoms with Crippen LogP contribution in [0.15, 0.2) is 218 Å². The zero-order valence-corrected chi connectivity index (χ0v) is 39.8. The molecule has 0 saturated heterocycles. The molecule has 0 saturated carbocycles. The second-order valence-corrected chi connectivity index (χ2v) is 19.3. The number of fused-ring (bicyclic) bond motifs is 7. The van der Waals surface area contributed by atoms with E-state index in [4.69, 9.17) is 0 Å². The molecule has 2 nitrogen and oxygen atoms in total. The molecular weight excluding hydrogens is 833 g/mol. The SMILES string of the molecule is CCCCC1(CCCC)c2cc(N(c3ccc(-c4ccccc4-c4ccccc4)cc3)c3ccc(C4CC=Cc5ccccc54)cc3)ccc2-c2ccc(-n3c4ccccc4c4ccccc43)cc21. The largest absolute Gasteiger partial charge is 0.310 e. The van der Waals surface area contributed by atoms with Crippen LogP contribution >= 0.6 is 0 Å². The van der Waals surface area contributed by atoms with Crippen LogP contribution in [0.5, 0.6) is 0 Å². The van der Waals surface area contributed by atoms with Gasteiger partial charge in [-0.05, 0) is 141 Å². The number of anilines is 3. The fourth-order valence-electron chi connectivity index (χ4n) is 12.0. The van der Waals surface area contributed by atoms with Gasteiger partial charge in [0, 0.05) is 44.9 Å². The van der Waals surface area contributed by atoms with Crippen molar-refractivity contribution < 1.29 is 0 Å². The summed E-state index contributed by atoms with van der Waals surface area (Å²) >= 11 is 0. The van der Waals surface area contributed by atoms with E-state index in [9.17, 15) is 0 Å². The highest BCUT2D eigenvalue weighted by molar-refractivity contribution is 6.09. The van der Waals surface area contributed by atoms with Crippen molar-refractivity contribution in [3.63, 3.8) is 0 Å². The van der Waals surface area contributed by atoms with E-state index in [0.29, 0.717) is 5.92 Å². The minimum Gasteiger partial charge on any atom is -0.310 e. The summed E-state index contributed by atoms with van der Waals surface area (Å²) in [6.07, 6.45) is 12.5. The molecule has 0 amide bonds. The molecule has 1 atom stereocenters. The third-order valence-corrected chi connectivity index (χ3v) is 15.4. The second-order valence-electron chi connectivity index (χ2n) is 19.3. The van der Waals surface area contributed by atoms with Gasteiger partial charge in [-0.2, -0.15) is 0 Å². The molecule has 0 fully saturated rings. The molecule has 0 N–H and O–H groups in total. The molecule has 1 heterocycles. The Bertz CT molecular complexity index is 3440. The Morgan fingerprint density at radius 2 is 1.01 bits per heavy atom. The predicted molar refractivity (Wildman–Crippen MR) is 294 cm³/mol. The molecule has 2 aliphatic carbocycles. The van der Waals surface area contributed by atoms with E-state index in [-0.39, 0.29) is 5.41 Å². The Morgan fingerprint density at radius 3 is 1.68 bits per heavy atom. The van der Waals surface area contributed by atoms with Gasteiger partial charge >= 0.3 is 0 Å². The average molecular weight is 891 g/mol. The van der Waals surface area contributed by atoms with Crippen molar-refractivity contribution in [2.75, 3.05) is 4.90 Å². The number of unbranched alkanes of at least 4 members (excludes halogenated alkanes) is 2. The van der Waals surface area contributed by atoms with E-state index in [0.717, 1.165) is 43.5 Å². The lowest BCUT2D eigenvalue weighted by Crippen LogP contribution is -2.26. The molecule has 69 heavy (non-hydrogen) atoms. The quantitative estimate of drug-likeness (QED) is 0.112. The minimum atomic E-state index is -0.121.